The third-order valence-electron chi connectivity index (χ3n) is 11.9. The average Bonchev–Trinajstić information content (AvgIpc) is 3.62. The van der Waals surface area contributed by atoms with Crippen LogP contribution in [-0.4, -0.2) is 14.5 Å². The maximum Gasteiger partial charge on any atom is 0.160 e. The predicted molar refractivity (Wildman–Crippen MR) is 248 cm³/mol. The maximum atomic E-state index is 5.50. The van der Waals surface area contributed by atoms with Crippen LogP contribution in [0, 0.1) is 0 Å². The fourth-order valence-electron chi connectivity index (χ4n) is 9.00. The van der Waals surface area contributed by atoms with Crippen LogP contribution in [0.3, 0.4) is 0 Å². The molecule has 0 saturated heterocycles. The first-order valence-corrected chi connectivity index (χ1v) is 20.1. The Morgan fingerprint density at radius 1 is 0.288 bits per heavy atom. The van der Waals surface area contributed by atoms with Gasteiger partial charge in [-0.15, -0.1) is 0 Å². The van der Waals surface area contributed by atoms with Crippen molar-refractivity contribution in [1.29, 1.82) is 0 Å². The Bertz CT molecular complexity index is 3600. The average molecular weight is 750 g/mol. The Labute approximate surface area is 341 Å². The van der Waals surface area contributed by atoms with Crippen molar-refractivity contribution in [3.8, 4) is 50.6 Å². The molecule has 59 heavy (non-hydrogen) atoms. The molecule has 0 atom stereocenters. The van der Waals surface area contributed by atoms with Crippen LogP contribution < -0.4 is 0 Å². The first-order chi connectivity index (χ1) is 29.2. The predicted octanol–water partition coefficient (Wildman–Crippen LogP) is 14.9. The van der Waals surface area contributed by atoms with Crippen LogP contribution in [0.25, 0.3) is 116 Å². The number of hydrogen-bond donors (Lipinski definition) is 0. The van der Waals surface area contributed by atoms with E-state index >= 15 is 0 Å². The summed E-state index contributed by atoms with van der Waals surface area (Å²) in [6, 6.07) is 76.4. The number of nitrogens with zero attached hydrogens (tertiary/aromatic N) is 3. The molecular formula is C56H35N3. The van der Waals surface area contributed by atoms with Crippen LogP contribution >= 0.6 is 0 Å². The molecule has 2 aromatic heterocycles. The summed E-state index contributed by atoms with van der Waals surface area (Å²) in [4.78, 5) is 10.9. The number of rotatable bonds is 5. The first-order valence-electron chi connectivity index (χ1n) is 20.1. The van der Waals surface area contributed by atoms with Crippen LogP contribution in [0.4, 0.5) is 0 Å². The van der Waals surface area contributed by atoms with Crippen LogP contribution in [0.5, 0.6) is 0 Å². The van der Waals surface area contributed by atoms with Crippen molar-refractivity contribution in [2.24, 2.45) is 0 Å². The van der Waals surface area contributed by atoms with Gasteiger partial charge in [0.25, 0.3) is 0 Å². The van der Waals surface area contributed by atoms with Crippen LogP contribution in [0.2, 0.25) is 0 Å². The van der Waals surface area contributed by atoms with Crippen molar-refractivity contribution in [1.82, 2.24) is 14.5 Å². The minimum atomic E-state index is 0.691. The van der Waals surface area contributed by atoms with E-state index < -0.39 is 0 Å². The quantitative estimate of drug-likeness (QED) is 0.175. The molecule has 12 aromatic rings. The molecule has 0 aliphatic carbocycles. The molecule has 3 heteroatoms. The summed E-state index contributed by atoms with van der Waals surface area (Å²) >= 11 is 0. The number of para-hydroxylation sites is 1. The van der Waals surface area contributed by atoms with Gasteiger partial charge in [0.15, 0.2) is 5.82 Å². The topological polar surface area (TPSA) is 30.7 Å². The molecule has 0 amide bonds. The van der Waals surface area contributed by atoms with E-state index in [4.69, 9.17) is 9.97 Å². The summed E-state index contributed by atoms with van der Waals surface area (Å²) in [5, 5.41) is 10.7. The highest BCUT2D eigenvalue weighted by Crippen LogP contribution is 2.40. The maximum absolute atomic E-state index is 5.50. The van der Waals surface area contributed by atoms with Gasteiger partial charge in [-0.25, -0.2) is 9.97 Å². The molecule has 0 fully saturated rings. The van der Waals surface area contributed by atoms with E-state index in [9.17, 15) is 0 Å². The summed E-state index contributed by atoms with van der Waals surface area (Å²) in [5.74, 6) is 0.691. The molecule has 0 radical (unpaired) electrons. The molecule has 10 aromatic carbocycles. The van der Waals surface area contributed by atoms with E-state index in [0.717, 1.165) is 49.9 Å². The van der Waals surface area contributed by atoms with E-state index in [0.29, 0.717) is 5.82 Å². The molecular weight excluding hydrogens is 715 g/mol. The van der Waals surface area contributed by atoms with Crippen molar-refractivity contribution in [2.45, 2.75) is 0 Å². The van der Waals surface area contributed by atoms with Crippen LogP contribution in [-0.2, 0) is 0 Å². The third kappa shape index (κ3) is 5.59. The third-order valence-corrected chi connectivity index (χ3v) is 11.9. The molecule has 2 heterocycles. The highest BCUT2D eigenvalue weighted by molar-refractivity contribution is 6.15. The lowest BCUT2D eigenvalue weighted by atomic mass is 9.97. The van der Waals surface area contributed by atoms with Gasteiger partial charge in [-0.1, -0.05) is 164 Å². The zero-order chi connectivity index (χ0) is 38.9. The summed E-state index contributed by atoms with van der Waals surface area (Å²) in [5.41, 5.74) is 11.9. The van der Waals surface area contributed by atoms with Crippen molar-refractivity contribution in [3.05, 3.63) is 212 Å². The highest BCUT2D eigenvalue weighted by atomic mass is 15.0. The Balaban J connectivity index is 1.09. The van der Waals surface area contributed by atoms with Crippen molar-refractivity contribution >= 4 is 65.0 Å². The largest absolute Gasteiger partial charge is 0.309 e. The van der Waals surface area contributed by atoms with Gasteiger partial charge in [0.1, 0.15) is 0 Å². The lowest BCUT2D eigenvalue weighted by Gasteiger charge is -2.16. The van der Waals surface area contributed by atoms with E-state index in [1.165, 1.54) is 59.9 Å². The molecule has 0 aliphatic rings. The Morgan fingerprint density at radius 2 is 0.864 bits per heavy atom. The summed E-state index contributed by atoms with van der Waals surface area (Å²) in [7, 11) is 0. The van der Waals surface area contributed by atoms with Gasteiger partial charge in [-0.2, -0.15) is 0 Å². The molecule has 274 valence electrons. The summed E-state index contributed by atoms with van der Waals surface area (Å²) < 4.78 is 2.43. The van der Waals surface area contributed by atoms with Crippen molar-refractivity contribution in [3.63, 3.8) is 0 Å². The van der Waals surface area contributed by atoms with E-state index in [1.807, 2.05) is 0 Å². The van der Waals surface area contributed by atoms with Gasteiger partial charge in [-0.3, -0.25) is 0 Å². The Hall–Kier alpha value is -7.88. The van der Waals surface area contributed by atoms with Gasteiger partial charge < -0.3 is 4.57 Å². The molecule has 0 unspecified atom stereocenters. The molecule has 0 spiro atoms. The second-order valence-electron chi connectivity index (χ2n) is 15.4. The second kappa shape index (κ2) is 13.4. The monoisotopic (exact) mass is 749 g/mol. The fraction of sp³-hybridized carbons (Fsp3) is 0. The molecule has 0 N–H and O–H groups in total. The number of hydrogen-bond acceptors (Lipinski definition) is 2. The normalized spacial score (nSPS) is 11.7. The smallest absolute Gasteiger partial charge is 0.160 e. The van der Waals surface area contributed by atoms with Crippen molar-refractivity contribution in [2.75, 3.05) is 0 Å². The number of aromatic nitrogens is 3. The van der Waals surface area contributed by atoms with Gasteiger partial charge in [-0.05, 0) is 97.7 Å². The number of fused-ring (bicyclic) bond motifs is 7. The minimum absolute atomic E-state index is 0.691. The zero-order valence-electron chi connectivity index (χ0n) is 32.0. The standard InChI is InChI=1S/C56H35N3/c1-2-12-36(13-3-1)38-22-25-39(26-23-38)55-50-33-44(43-27-24-37-14-4-5-15-40(37)30-43)28-29-51(50)57-56(58-55)46-31-45-18-8-9-19-47(45)53(35-46)59-52-21-11-10-20-48(52)49-32-41-16-6-7-17-42(41)34-54(49)59/h1-35H. The molecule has 3 nitrogen and oxygen atoms in total. The van der Waals surface area contributed by atoms with Crippen LogP contribution in [0.1, 0.15) is 0 Å². The molecule has 12 rings (SSSR count). The summed E-state index contributed by atoms with van der Waals surface area (Å²) in [6.07, 6.45) is 0. The lowest BCUT2D eigenvalue weighted by molar-refractivity contribution is 1.19. The van der Waals surface area contributed by atoms with E-state index in [-0.39, 0.29) is 0 Å². The van der Waals surface area contributed by atoms with Crippen molar-refractivity contribution < 1.29 is 0 Å². The molecule has 0 saturated carbocycles. The van der Waals surface area contributed by atoms with Gasteiger partial charge in [0, 0.05) is 32.7 Å². The SMILES string of the molecule is c1ccc(-c2ccc(-c3nc(-c4cc(-n5c6ccccc6c6cc7ccccc7cc65)c5ccccc5c4)nc4ccc(-c5ccc6ccccc6c5)cc34)cc2)cc1. The minimum Gasteiger partial charge on any atom is -0.309 e. The zero-order valence-corrected chi connectivity index (χ0v) is 32.0. The molecule has 0 aliphatic heterocycles. The summed E-state index contributed by atoms with van der Waals surface area (Å²) in [6.45, 7) is 0. The Kier molecular flexibility index (Phi) is 7.54. The highest BCUT2D eigenvalue weighted by Gasteiger charge is 2.19. The fourth-order valence-corrected chi connectivity index (χ4v) is 9.00. The van der Waals surface area contributed by atoms with Crippen LogP contribution in [0.15, 0.2) is 212 Å². The van der Waals surface area contributed by atoms with Gasteiger partial charge in [0.2, 0.25) is 0 Å². The van der Waals surface area contributed by atoms with E-state index in [1.54, 1.807) is 0 Å². The van der Waals surface area contributed by atoms with Gasteiger partial charge in [0.05, 0.1) is 27.9 Å². The van der Waals surface area contributed by atoms with E-state index in [2.05, 4.69) is 217 Å². The van der Waals surface area contributed by atoms with Gasteiger partial charge >= 0.3 is 0 Å². The second-order valence-corrected chi connectivity index (χ2v) is 15.4. The Morgan fingerprint density at radius 3 is 1.68 bits per heavy atom. The lowest BCUT2D eigenvalue weighted by Crippen LogP contribution is -1.99. The molecule has 0 bridgehead atoms. The number of benzene rings is 10. The first kappa shape index (κ1) is 33.3.